The predicted molar refractivity (Wildman–Crippen MR) is 126 cm³/mol. The number of carbonyl (C=O) groups is 1. The summed E-state index contributed by atoms with van der Waals surface area (Å²) in [5.74, 6) is 0.154. The number of nitrogens with zero attached hydrogens (tertiary/aromatic N) is 2. The number of hydrogen-bond donors (Lipinski definition) is 2. The van der Waals surface area contributed by atoms with E-state index in [4.69, 9.17) is 4.74 Å². The molecule has 33 heavy (non-hydrogen) atoms. The van der Waals surface area contributed by atoms with Gasteiger partial charge in [-0.15, -0.1) is 0 Å². The van der Waals surface area contributed by atoms with Gasteiger partial charge < -0.3 is 15.2 Å². The third-order valence-electron chi connectivity index (χ3n) is 6.30. The number of piperidine rings is 1. The number of benzene rings is 2. The molecule has 0 aliphatic carbocycles. The van der Waals surface area contributed by atoms with E-state index in [2.05, 4.69) is 23.3 Å². The van der Waals surface area contributed by atoms with Crippen LogP contribution in [0, 0.1) is 18.3 Å². The van der Waals surface area contributed by atoms with Crippen molar-refractivity contribution in [1.82, 2.24) is 10.3 Å². The van der Waals surface area contributed by atoms with Crippen LogP contribution in [0.2, 0.25) is 0 Å². The number of aromatic nitrogens is 1. The molecule has 1 aromatic heterocycles. The quantitative estimate of drug-likeness (QED) is 0.557. The number of ketones is 1. The fourth-order valence-corrected chi connectivity index (χ4v) is 4.22. The van der Waals surface area contributed by atoms with Gasteiger partial charge in [0.2, 0.25) is 11.7 Å². The highest BCUT2D eigenvalue weighted by Crippen LogP contribution is 2.35. The van der Waals surface area contributed by atoms with Crippen LogP contribution in [-0.4, -0.2) is 34.1 Å². The summed E-state index contributed by atoms with van der Waals surface area (Å²) < 4.78 is 6.40. The highest BCUT2D eigenvalue weighted by molar-refractivity contribution is 6.08. The van der Waals surface area contributed by atoms with Crippen molar-refractivity contribution >= 4 is 5.78 Å². The van der Waals surface area contributed by atoms with E-state index in [0.29, 0.717) is 35.5 Å². The molecule has 2 aromatic carbocycles. The van der Waals surface area contributed by atoms with Crippen LogP contribution in [-0.2, 0) is 6.61 Å². The van der Waals surface area contributed by atoms with Crippen LogP contribution in [0.15, 0.2) is 60.8 Å². The molecule has 1 saturated heterocycles. The zero-order chi connectivity index (χ0) is 23.4. The molecule has 4 rings (SSSR count). The van der Waals surface area contributed by atoms with Crippen LogP contribution in [0.1, 0.15) is 46.8 Å². The minimum atomic E-state index is -1.16. The molecule has 3 aromatic rings. The average Bonchev–Trinajstić information content (AvgIpc) is 2.86. The number of nitriles is 1. The molecule has 2 N–H and O–H groups in total. The molecule has 0 amide bonds. The lowest BCUT2D eigenvalue weighted by Crippen LogP contribution is -2.58. The molecule has 2 heterocycles. The average molecular weight is 442 g/mol. The Labute approximate surface area is 193 Å². The Balaban J connectivity index is 1.81. The van der Waals surface area contributed by atoms with Gasteiger partial charge in [0.15, 0.2) is 5.60 Å². The standard InChI is InChI=1S/C27H27N3O3/c1-18-10-12-27(17-30-18,33-26-19(2)22(15-28)11-13-29-26)25(32)23-9-8-20(16-31)14-24(23)21-6-4-3-5-7-21/h3-9,11,13-14,18,30-31H,10,12,16-17H2,1-2H3/t18-,27-/m1/s1. The largest absolute Gasteiger partial charge is 0.461 e. The molecule has 0 unspecified atom stereocenters. The molecule has 168 valence electrons. The van der Waals surface area contributed by atoms with Crippen molar-refractivity contribution in [3.05, 3.63) is 83.0 Å². The van der Waals surface area contributed by atoms with Gasteiger partial charge in [0.05, 0.1) is 18.2 Å². The Morgan fingerprint density at radius 2 is 2.06 bits per heavy atom. The molecule has 0 bridgehead atoms. The monoisotopic (exact) mass is 441 g/mol. The summed E-state index contributed by atoms with van der Waals surface area (Å²) in [4.78, 5) is 18.5. The second-order valence-electron chi connectivity index (χ2n) is 8.55. The van der Waals surface area contributed by atoms with E-state index in [1.54, 1.807) is 25.1 Å². The molecule has 1 aliphatic rings. The maximum atomic E-state index is 14.2. The molecule has 0 spiro atoms. The minimum Gasteiger partial charge on any atom is -0.461 e. The Hall–Kier alpha value is -3.53. The molecule has 1 fully saturated rings. The molecular formula is C27H27N3O3. The van der Waals surface area contributed by atoms with Crippen molar-refractivity contribution in [2.45, 2.75) is 44.9 Å². The fraction of sp³-hybridized carbons (Fsp3) is 0.296. The number of nitrogens with one attached hydrogen (secondary N) is 1. The maximum Gasteiger partial charge on any atom is 0.218 e. The highest BCUT2D eigenvalue weighted by Gasteiger charge is 2.45. The van der Waals surface area contributed by atoms with Gasteiger partial charge >= 0.3 is 0 Å². The summed E-state index contributed by atoms with van der Waals surface area (Å²) in [6.45, 7) is 4.09. The predicted octanol–water partition coefficient (Wildman–Crippen LogP) is 4.19. The number of hydrogen-bond acceptors (Lipinski definition) is 6. The summed E-state index contributed by atoms with van der Waals surface area (Å²) in [6, 6.07) is 19.1. The maximum absolute atomic E-state index is 14.2. The molecule has 0 radical (unpaired) electrons. The zero-order valence-electron chi connectivity index (χ0n) is 18.8. The van der Waals surface area contributed by atoms with Gasteiger partial charge in [-0.1, -0.05) is 42.5 Å². The lowest BCUT2D eigenvalue weighted by molar-refractivity contribution is 0.0261. The van der Waals surface area contributed by atoms with E-state index in [1.165, 1.54) is 6.20 Å². The SMILES string of the molecule is Cc1c(C#N)ccnc1O[C@]1(C(=O)c2ccc(CO)cc2-c2ccccc2)CC[C@@H](C)NC1. The van der Waals surface area contributed by atoms with Crippen LogP contribution in [0.3, 0.4) is 0 Å². The first kappa shape index (κ1) is 22.7. The van der Waals surface area contributed by atoms with Crippen molar-refractivity contribution < 1.29 is 14.6 Å². The zero-order valence-corrected chi connectivity index (χ0v) is 18.8. The normalized spacial score (nSPS) is 20.1. The topological polar surface area (TPSA) is 95.2 Å². The lowest BCUT2D eigenvalue weighted by Gasteiger charge is -2.39. The number of pyridine rings is 1. The van der Waals surface area contributed by atoms with Crippen molar-refractivity contribution in [3.8, 4) is 23.1 Å². The summed E-state index contributed by atoms with van der Waals surface area (Å²) in [5.41, 5.74) is 2.83. The van der Waals surface area contributed by atoms with Gasteiger partial charge in [0, 0.05) is 29.9 Å². The molecule has 6 heteroatoms. The third-order valence-corrected chi connectivity index (χ3v) is 6.30. The smallest absolute Gasteiger partial charge is 0.218 e. The lowest BCUT2D eigenvalue weighted by atomic mass is 9.81. The molecule has 1 aliphatic heterocycles. The van der Waals surface area contributed by atoms with Gasteiger partial charge in [-0.2, -0.15) is 5.26 Å². The first-order chi connectivity index (χ1) is 16.0. The Bertz CT molecular complexity index is 1190. The van der Waals surface area contributed by atoms with E-state index in [1.807, 2.05) is 36.4 Å². The van der Waals surface area contributed by atoms with Crippen LogP contribution in [0.4, 0.5) is 0 Å². The van der Waals surface area contributed by atoms with Gasteiger partial charge in [-0.25, -0.2) is 4.98 Å². The number of ether oxygens (including phenoxy) is 1. The summed E-state index contributed by atoms with van der Waals surface area (Å²) >= 11 is 0. The van der Waals surface area contributed by atoms with Crippen molar-refractivity contribution in [2.75, 3.05) is 6.54 Å². The number of carbonyl (C=O) groups excluding carboxylic acids is 1. The number of aliphatic hydroxyl groups is 1. The highest BCUT2D eigenvalue weighted by atomic mass is 16.5. The van der Waals surface area contributed by atoms with Gasteiger partial charge in [-0.3, -0.25) is 4.79 Å². The van der Waals surface area contributed by atoms with Crippen molar-refractivity contribution in [2.24, 2.45) is 0 Å². The van der Waals surface area contributed by atoms with E-state index in [9.17, 15) is 15.2 Å². The van der Waals surface area contributed by atoms with Crippen molar-refractivity contribution in [3.63, 3.8) is 0 Å². The van der Waals surface area contributed by atoms with Gasteiger partial charge in [-0.05, 0) is 55.5 Å². The number of Topliss-reactive ketones (excluding diaryl/α,β-unsaturated/α-hetero) is 1. The first-order valence-corrected chi connectivity index (χ1v) is 11.1. The van der Waals surface area contributed by atoms with E-state index >= 15 is 0 Å². The second-order valence-corrected chi connectivity index (χ2v) is 8.55. The molecule has 6 nitrogen and oxygen atoms in total. The van der Waals surface area contributed by atoms with Crippen molar-refractivity contribution in [1.29, 1.82) is 5.26 Å². The minimum absolute atomic E-state index is 0.112. The number of rotatable bonds is 6. The first-order valence-electron chi connectivity index (χ1n) is 11.1. The fourth-order valence-electron chi connectivity index (χ4n) is 4.22. The second kappa shape index (κ2) is 9.53. The summed E-state index contributed by atoms with van der Waals surface area (Å²) in [6.07, 6.45) is 2.81. The molecule has 2 atom stereocenters. The van der Waals surface area contributed by atoms with Crippen LogP contribution in [0.25, 0.3) is 11.1 Å². The summed E-state index contributed by atoms with van der Waals surface area (Å²) in [7, 11) is 0. The van der Waals surface area contributed by atoms with Crippen LogP contribution < -0.4 is 10.1 Å². The number of aliphatic hydroxyl groups excluding tert-OH is 1. The van der Waals surface area contributed by atoms with E-state index in [-0.39, 0.29) is 18.4 Å². The van der Waals surface area contributed by atoms with Crippen LogP contribution in [0.5, 0.6) is 5.88 Å². The summed E-state index contributed by atoms with van der Waals surface area (Å²) in [5, 5.41) is 22.5. The Morgan fingerprint density at radius 3 is 2.73 bits per heavy atom. The third kappa shape index (κ3) is 4.51. The van der Waals surface area contributed by atoms with Gasteiger partial charge in [0.1, 0.15) is 0 Å². The van der Waals surface area contributed by atoms with E-state index < -0.39 is 5.60 Å². The molecular weight excluding hydrogens is 414 g/mol. The van der Waals surface area contributed by atoms with E-state index in [0.717, 1.165) is 23.1 Å². The Kier molecular flexibility index (Phi) is 6.55. The Morgan fingerprint density at radius 1 is 1.27 bits per heavy atom. The molecule has 0 saturated carbocycles. The van der Waals surface area contributed by atoms with Crippen LogP contribution >= 0.6 is 0 Å². The van der Waals surface area contributed by atoms with Gasteiger partial charge in [0.25, 0.3) is 0 Å².